The van der Waals surface area contributed by atoms with Crippen LogP contribution in [0.2, 0.25) is 0 Å². The summed E-state index contributed by atoms with van der Waals surface area (Å²) in [6.45, 7) is 6.60. The number of rotatable bonds is 5. The molecule has 0 N–H and O–H groups in total. The van der Waals surface area contributed by atoms with Crippen molar-refractivity contribution in [1.29, 1.82) is 0 Å². The Balaban J connectivity index is 2.28. The Morgan fingerprint density at radius 3 is 2.29 bits per heavy atom. The Kier molecular flexibility index (Phi) is 4.40. The van der Waals surface area contributed by atoms with E-state index in [1.54, 1.807) is 0 Å². The Hall–Kier alpha value is -2.18. The van der Waals surface area contributed by atoms with Gasteiger partial charge in [-0.25, -0.2) is 0 Å². The molecule has 0 unspecified atom stereocenters. The van der Waals surface area contributed by atoms with Crippen molar-refractivity contribution in [3.8, 4) is 0 Å². The fourth-order valence-corrected chi connectivity index (χ4v) is 1.80. The molecule has 2 rings (SSSR count). The largest absolute Gasteiger partial charge is 0.361 e. The molecule has 2 aromatic rings. The van der Waals surface area contributed by atoms with Gasteiger partial charge < -0.3 is 14.3 Å². The molecule has 0 aliphatic carbocycles. The molecule has 2 heterocycles. The van der Waals surface area contributed by atoms with E-state index in [9.17, 15) is 0 Å². The highest BCUT2D eigenvalue weighted by Gasteiger charge is 2.15. The van der Waals surface area contributed by atoms with Gasteiger partial charge in [-0.3, -0.25) is 0 Å². The second-order valence-electron chi connectivity index (χ2n) is 5.63. The number of hydrogen-bond donors (Lipinski definition) is 0. The van der Waals surface area contributed by atoms with Crippen LogP contribution in [0.5, 0.6) is 0 Å². The molecule has 0 radical (unpaired) electrons. The highest BCUT2D eigenvalue weighted by Crippen LogP contribution is 2.18. The van der Waals surface area contributed by atoms with Crippen LogP contribution in [-0.2, 0) is 6.54 Å². The van der Waals surface area contributed by atoms with Crippen LogP contribution in [0, 0.1) is 6.92 Å². The molecule has 0 aliphatic heterocycles. The lowest BCUT2D eigenvalue weighted by atomic mass is 10.2. The van der Waals surface area contributed by atoms with Gasteiger partial charge in [-0.2, -0.15) is 15.0 Å². The van der Waals surface area contributed by atoms with Gasteiger partial charge in [0.1, 0.15) is 17.3 Å². The van der Waals surface area contributed by atoms with Gasteiger partial charge in [0.05, 0.1) is 6.54 Å². The number of aryl methyl sites for hydroxylation is 1. The Bertz CT molecular complexity index is 581. The molecule has 2 aromatic heterocycles. The van der Waals surface area contributed by atoms with Crippen molar-refractivity contribution < 1.29 is 4.52 Å². The number of anilines is 2. The maximum atomic E-state index is 5.09. The molecular weight excluding hydrogens is 268 g/mol. The normalized spacial score (nSPS) is 11.0. The number of aromatic nitrogens is 4. The van der Waals surface area contributed by atoms with E-state index in [2.05, 4.69) is 34.0 Å². The molecular formula is C14H22N6O. The van der Waals surface area contributed by atoms with Crippen molar-refractivity contribution >= 4 is 11.9 Å². The lowest BCUT2D eigenvalue weighted by Gasteiger charge is -2.19. The molecule has 0 bridgehead atoms. The van der Waals surface area contributed by atoms with Gasteiger partial charge in [0, 0.05) is 33.1 Å². The summed E-state index contributed by atoms with van der Waals surface area (Å²) < 4.78 is 5.09. The minimum atomic E-state index is 0.244. The first-order valence-corrected chi connectivity index (χ1v) is 6.93. The summed E-state index contributed by atoms with van der Waals surface area (Å²) in [5.74, 6) is 3.12. The maximum absolute atomic E-state index is 5.09. The van der Waals surface area contributed by atoms with Crippen LogP contribution >= 0.6 is 0 Å². The minimum absolute atomic E-state index is 0.244. The van der Waals surface area contributed by atoms with Crippen LogP contribution in [0.4, 0.5) is 11.9 Å². The fraction of sp³-hybridized carbons (Fsp3) is 0.571. The predicted molar refractivity (Wildman–Crippen MR) is 81.6 cm³/mol. The van der Waals surface area contributed by atoms with E-state index in [0.717, 1.165) is 17.3 Å². The van der Waals surface area contributed by atoms with Crippen LogP contribution in [0.25, 0.3) is 0 Å². The zero-order valence-corrected chi connectivity index (χ0v) is 13.5. The molecule has 7 nitrogen and oxygen atoms in total. The van der Waals surface area contributed by atoms with Gasteiger partial charge >= 0.3 is 0 Å². The third-order valence-electron chi connectivity index (χ3n) is 2.96. The molecule has 0 atom stereocenters. The van der Waals surface area contributed by atoms with E-state index in [0.29, 0.717) is 18.4 Å². The van der Waals surface area contributed by atoms with Crippen molar-refractivity contribution in [2.75, 3.05) is 30.9 Å². The molecule has 21 heavy (non-hydrogen) atoms. The van der Waals surface area contributed by atoms with Crippen LogP contribution in [0.15, 0.2) is 10.6 Å². The average Bonchev–Trinajstić information content (AvgIpc) is 2.83. The van der Waals surface area contributed by atoms with Gasteiger partial charge in [-0.15, -0.1) is 0 Å². The minimum Gasteiger partial charge on any atom is -0.361 e. The standard InChI is InChI=1S/C14H22N6O/c1-9(2)12-15-13(19(4)5)17-14(16-12)20(6)8-11-7-10(3)21-18-11/h7,9H,8H2,1-6H3. The topological polar surface area (TPSA) is 71.2 Å². The second-order valence-corrected chi connectivity index (χ2v) is 5.63. The molecule has 0 spiro atoms. The van der Waals surface area contributed by atoms with Crippen molar-refractivity contribution in [3.63, 3.8) is 0 Å². The highest BCUT2D eigenvalue weighted by molar-refractivity contribution is 5.38. The summed E-state index contributed by atoms with van der Waals surface area (Å²) in [6, 6.07) is 1.91. The van der Waals surface area contributed by atoms with Crippen LogP contribution in [0.1, 0.15) is 37.0 Å². The van der Waals surface area contributed by atoms with E-state index in [4.69, 9.17) is 4.52 Å². The molecule has 0 aromatic carbocycles. The number of nitrogens with zero attached hydrogens (tertiary/aromatic N) is 6. The van der Waals surface area contributed by atoms with Gasteiger partial charge in [0.15, 0.2) is 0 Å². The van der Waals surface area contributed by atoms with Crippen molar-refractivity contribution in [2.24, 2.45) is 0 Å². The van der Waals surface area contributed by atoms with Gasteiger partial charge in [-0.1, -0.05) is 19.0 Å². The van der Waals surface area contributed by atoms with Crippen molar-refractivity contribution in [3.05, 3.63) is 23.3 Å². The summed E-state index contributed by atoms with van der Waals surface area (Å²) in [5.41, 5.74) is 0.855. The predicted octanol–water partition coefficient (Wildman–Crippen LogP) is 1.99. The van der Waals surface area contributed by atoms with E-state index < -0.39 is 0 Å². The SMILES string of the molecule is Cc1cc(CN(C)c2nc(C(C)C)nc(N(C)C)n2)no1. The summed E-state index contributed by atoms with van der Waals surface area (Å²) in [4.78, 5) is 17.3. The molecule has 0 fully saturated rings. The van der Waals surface area contributed by atoms with Gasteiger partial charge in [0.2, 0.25) is 11.9 Å². The molecule has 0 amide bonds. The zero-order valence-electron chi connectivity index (χ0n) is 13.5. The van der Waals surface area contributed by atoms with E-state index in [1.165, 1.54) is 0 Å². The van der Waals surface area contributed by atoms with E-state index in [-0.39, 0.29) is 5.92 Å². The lowest BCUT2D eigenvalue weighted by Crippen LogP contribution is -2.23. The monoisotopic (exact) mass is 290 g/mol. The molecule has 114 valence electrons. The Morgan fingerprint density at radius 1 is 1.10 bits per heavy atom. The van der Waals surface area contributed by atoms with Crippen LogP contribution in [0.3, 0.4) is 0 Å². The summed E-state index contributed by atoms with van der Waals surface area (Å²) >= 11 is 0. The van der Waals surface area contributed by atoms with Crippen LogP contribution in [-0.4, -0.2) is 41.3 Å². The quantitative estimate of drug-likeness (QED) is 0.834. The van der Waals surface area contributed by atoms with Gasteiger partial charge in [0.25, 0.3) is 0 Å². The van der Waals surface area contributed by atoms with Gasteiger partial charge in [-0.05, 0) is 6.92 Å². The van der Waals surface area contributed by atoms with Crippen LogP contribution < -0.4 is 9.80 Å². The van der Waals surface area contributed by atoms with E-state index in [1.807, 2.05) is 43.9 Å². The number of hydrogen-bond acceptors (Lipinski definition) is 7. The first-order valence-electron chi connectivity index (χ1n) is 6.93. The first-order chi connectivity index (χ1) is 9.86. The molecule has 0 saturated carbocycles. The average molecular weight is 290 g/mol. The Morgan fingerprint density at radius 2 is 1.76 bits per heavy atom. The highest BCUT2D eigenvalue weighted by atomic mass is 16.5. The summed E-state index contributed by atoms with van der Waals surface area (Å²) in [6.07, 6.45) is 0. The summed E-state index contributed by atoms with van der Waals surface area (Å²) in [5, 5.41) is 4.00. The second kappa shape index (κ2) is 6.07. The maximum Gasteiger partial charge on any atom is 0.230 e. The third kappa shape index (κ3) is 3.68. The van der Waals surface area contributed by atoms with Crippen molar-refractivity contribution in [2.45, 2.75) is 33.2 Å². The lowest BCUT2D eigenvalue weighted by molar-refractivity contribution is 0.390. The summed E-state index contributed by atoms with van der Waals surface area (Å²) in [7, 11) is 5.78. The fourth-order valence-electron chi connectivity index (χ4n) is 1.80. The molecule has 0 saturated heterocycles. The third-order valence-corrected chi connectivity index (χ3v) is 2.96. The molecule has 7 heteroatoms. The Labute approximate surface area is 125 Å². The zero-order chi connectivity index (χ0) is 15.6. The van der Waals surface area contributed by atoms with E-state index >= 15 is 0 Å². The smallest absolute Gasteiger partial charge is 0.230 e. The van der Waals surface area contributed by atoms with Crippen molar-refractivity contribution in [1.82, 2.24) is 20.1 Å². The first kappa shape index (κ1) is 15.2. The molecule has 0 aliphatic rings.